The van der Waals surface area contributed by atoms with Crippen LogP contribution in [0.1, 0.15) is 41.0 Å². The minimum Gasteiger partial charge on any atom is -0.443 e. The van der Waals surface area contributed by atoms with Gasteiger partial charge in [-0.15, -0.1) is 6.42 Å². The van der Waals surface area contributed by atoms with E-state index >= 15 is 0 Å². The zero-order chi connectivity index (χ0) is 13.2. The average Bonchev–Trinajstić information content (AvgIpc) is 2.58. The Labute approximate surface area is 105 Å². The average molecular weight is 237 g/mol. The van der Waals surface area contributed by atoms with E-state index in [0.717, 1.165) is 6.42 Å². The topological polar surface area (TPSA) is 29.5 Å². The molecule has 1 saturated heterocycles. The van der Waals surface area contributed by atoms with Gasteiger partial charge in [0.15, 0.2) is 0 Å². The van der Waals surface area contributed by atoms with Crippen LogP contribution >= 0.6 is 0 Å². The molecule has 2 unspecified atom stereocenters. The van der Waals surface area contributed by atoms with E-state index < -0.39 is 5.60 Å². The van der Waals surface area contributed by atoms with E-state index in [1.165, 1.54) is 0 Å². The second-order valence-corrected chi connectivity index (χ2v) is 5.80. The summed E-state index contributed by atoms with van der Waals surface area (Å²) in [5.74, 6) is 3.39. The summed E-state index contributed by atoms with van der Waals surface area (Å²) in [5.41, 5.74) is -0.456. The molecule has 1 aliphatic rings. The molecule has 0 radical (unpaired) electrons. The maximum atomic E-state index is 12.1. The van der Waals surface area contributed by atoms with Gasteiger partial charge in [-0.05, 0) is 32.1 Å². The fraction of sp³-hybridized carbons (Fsp3) is 0.786. The molecule has 1 heterocycles. The molecule has 3 nitrogen and oxygen atoms in total. The first-order chi connectivity index (χ1) is 7.77. The van der Waals surface area contributed by atoms with Crippen LogP contribution in [0.15, 0.2) is 0 Å². The van der Waals surface area contributed by atoms with Crippen molar-refractivity contribution >= 4 is 6.09 Å². The Balaban J connectivity index is 2.68. The van der Waals surface area contributed by atoms with Crippen molar-refractivity contribution in [1.82, 2.24) is 4.90 Å². The van der Waals surface area contributed by atoms with Gasteiger partial charge in [-0.25, -0.2) is 4.79 Å². The maximum absolute atomic E-state index is 12.1. The number of amides is 1. The molecule has 0 bridgehead atoms. The lowest BCUT2D eigenvalue weighted by Crippen LogP contribution is -2.42. The Morgan fingerprint density at radius 2 is 2.12 bits per heavy atom. The number of ether oxygens (including phenoxy) is 1. The quantitative estimate of drug-likeness (QED) is 0.691. The van der Waals surface area contributed by atoms with E-state index in [4.69, 9.17) is 11.2 Å². The monoisotopic (exact) mass is 237 g/mol. The molecular formula is C14H23NO2. The second kappa shape index (κ2) is 5.00. The van der Waals surface area contributed by atoms with Crippen LogP contribution in [-0.2, 0) is 4.74 Å². The highest BCUT2D eigenvalue weighted by molar-refractivity contribution is 5.69. The Kier molecular flexibility index (Phi) is 4.08. The van der Waals surface area contributed by atoms with Crippen LogP contribution in [0.3, 0.4) is 0 Å². The number of likely N-dealkylation sites (tertiary alicyclic amines) is 1. The molecule has 0 saturated carbocycles. The molecule has 1 aliphatic heterocycles. The number of nitrogens with zero attached hydrogens (tertiary/aromatic N) is 1. The first-order valence-electron chi connectivity index (χ1n) is 6.23. The van der Waals surface area contributed by atoms with Crippen LogP contribution in [0.5, 0.6) is 0 Å². The van der Waals surface area contributed by atoms with Crippen molar-refractivity contribution in [3.63, 3.8) is 0 Å². The zero-order valence-corrected chi connectivity index (χ0v) is 11.5. The first kappa shape index (κ1) is 13.9. The molecule has 0 aliphatic carbocycles. The fourth-order valence-electron chi connectivity index (χ4n) is 1.81. The van der Waals surface area contributed by atoms with Crippen molar-refractivity contribution in [2.24, 2.45) is 11.8 Å². The molecule has 0 aromatic carbocycles. The summed E-state index contributed by atoms with van der Waals surface area (Å²) in [6.07, 6.45) is 6.04. The van der Waals surface area contributed by atoms with E-state index in [9.17, 15) is 4.79 Å². The van der Waals surface area contributed by atoms with E-state index in [1.807, 2.05) is 27.7 Å². The van der Waals surface area contributed by atoms with Gasteiger partial charge in [0.05, 0.1) is 6.04 Å². The summed E-state index contributed by atoms with van der Waals surface area (Å²) < 4.78 is 5.56. The van der Waals surface area contributed by atoms with Crippen molar-refractivity contribution < 1.29 is 9.53 Å². The maximum Gasteiger partial charge on any atom is 0.411 e. The summed E-state index contributed by atoms with van der Waals surface area (Å²) in [5, 5.41) is 0. The van der Waals surface area contributed by atoms with Crippen molar-refractivity contribution in [3.8, 4) is 12.3 Å². The molecule has 1 amide bonds. The SMILES string of the molecule is C#CC1CC(C)CN1C(=O)OC(C)(C)C(C)C. The van der Waals surface area contributed by atoms with Gasteiger partial charge in [0, 0.05) is 6.54 Å². The van der Waals surface area contributed by atoms with Gasteiger partial charge in [-0.1, -0.05) is 26.7 Å². The highest BCUT2D eigenvalue weighted by Crippen LogP contribution is 2.27. The minimum atomic E-state index is -0.456. The number of hydrogen-bond acceptors (Lipinski definition) is 2. The highest BCUT2D eigenvalue weighted by Gasteiger charge is 2.36. The van der Waals surface area contributed by atoms with Crippen molar-refractivity contribution in [2.75, 3.05) is 6.54 Å². The van der Waals surface area contributed by atoms with E-state index in [2.05, 4.69) is 12.8 Å². The van der Waals surface area contributed by atoms with Crippen molar-refractivity contribution in [3.05, 3.63) is 0 Å². The van der Waals surface area contributed by atoms with Crippen LogP contribution < -0.4 is 0 Å². The Hall–Kier alpha value is -1.17. The highest BCUT2D eigenvalue weighted by atomic mass is 16.6. The minimum absolute atomic E-state index is 0.111. The smallest absolute Gasteiger partial charge is 0.411 e. The van der Waals surface area contributed by atoms with Crippen LogP contribution in [-0.4, -0.2) is 29.2 Å². The molecular weight excluding hydrogens is 214 g/mol. The molecule has 0 aromatic heterocycles. The van der Waals surface area contributed by atoms with Crippen molar-refractivity contribution in [1.29, 1.82) is 0 Å². The lowest BCUT2D eigenvalue weighted by atomic mass is 9.95. The van der Waals surface area contributed by atoms with Gasteiger partial charge in [-0.2, -0.15) is 0 Å². The summed E-state index contributed by atoms with van der Waals surface area (Å²) in [7, 11) is 0. The molecule has 0 N–H and O–H groups in total. The van der Waals surface area contributed by atoms with E-state index in [1.54, 1.807) is 4.90 Å². The van der Waals surface area contributed by atoms with Gasteiger partial charge in [0.2, 0.25) is 0 Å². The number of carbonyl (C=O) groups excluding carboxylic acids is 1. The molecule has 1 fully saturated rings. The van der Waals surface area contributed by atoms with Gasteiger partial charge >= 0.3 is 6.09 Å². The standard InChI is InChI=1S/C14H23NO2/c1-7-12-8-11(4)9-15(12)13(16)17-14(5,6)10(2)3/h1,10-12H,8-9H2,2-6H3. The molecule has 0 spiro atoms. The largest absolute Gasteiger partial charge is 0.443 e. The van der Waals surface area contributed by atoms with Gasteiger partial charge in [0.1, 0.15) is 5.60 Å². The molecule has 17 heavy (non-hydrogen) atoms. The zero-order valence-electron chi connectivity index (χ0n) is 11.5. The van der Waals surface area contributed by atoms with Gasteiger partial charge < -0.3 is 4.74 Å². The van der Waals surface area contributed by atoms with Crippen molar-refractivity contribution in [2.45, 2.75) is 52.7 Å². The number of carbonyl (C=O) groups is 1. The summed E-state index contributed by atoms with van der Waals surface area (Å²) in [4.78, 5) is 13.8. The lowest BCUT2D eigenvalue weighted by Gasteiger charge is -2.32. The lowest BCUT2D eigenvalue weighted by molar-refractivity contribution is -0.0145. The van der Waals surface area contributed by atoms with E-state index in [0.29, 0.717) is 12.5 Å². The molecule has 0 aromatic rings. The Morgan fingerprint density at radius 3 is 2.59 bits per heavy atom. The molecule has 3 heteroatoms. The number of rotatable bonds is 2. The Bertz CT molecular complexity index is 328. The second-order valence-electron chi connectivity index (χ2n) is 5.80. The van der Waals surface area contributed by atoms with E-state index in [-0.39, 0.29) is 18.1 Å². The summed E-state index contributed by atoms with van der Waals surface area (Å²) in [6.45, 7) is 10.7. The van der Waals surface area contributed by atoms with Gasteiger partial charge in [0.25, 0.3) is 0 Å². The van der Waals surface area contributed by atoms with Gasteiger partial charge in [-0.3, -0.25) is 4.90 Å². The number of hydrogen-bond donors (Lipinski definition) is 0. The normalized spacial score (nSPS) is 24.9. The van der Waals surface area contributed by atoms with Crippen LogP contribution in [0, 0.1) is 24.2 Å². The molecule has 96 valence electrons. The van der Waals surface area contributed by atoms with Crippen LogP contribution in [0.25, 0.3) is 0 Å². The van der Waals surface area contributed by atoms with Crippen LogP contribution in [0.4, 0.5) is 4.79 Å². The van der Waals surface area contributed by atoms with Crippen LogP contribution in [0.2, 0.25) is 0 Å². The Morgan fingerprint density at radius 1 is 1.53 bits per heavy atom. The third-order valence-corrected chi connectivity index (χ3v) is 3.68. The third-order valence-electron chi connectivity index (χ3n) is 3.68. The predicted molar refractivity (Wildman–Crippen MR) is 68.5 cm³/mol. The predicted octanol–water partition coefficient (Wildman–Crippen LogP) is 2.90. The fourth-order valence-corrected chi connectivity index (χ4v) is 1.81. The molecule has 1 rings (SSSR count). The summed E-state index contributed by atoms with van der Waals surface area (Å²) >= 11 is 0. The third kappa shape index (κ3) is 3.15. The first-order valence-corrected chi connectivity index (χ1v) is 6.23. The summed E-state index contributed by atoms with van der Waals surface area (Å²) in [6, 6.07) is -0.111. The number of terminal acetylenes is 1. The molecule has 2 atom stereocenters.